The van der Waals surface area contributed by atoms with Crippen molar-refractivity contribution in [3.63, 3.8) is 0 Å². The van der Waals surface area contributed by atoms with Gasteiger partial charge in [-0.3, -0.25) is 5.01 Å². The Morgan fingerprint density at radius 3 is 3.00 bits per heavy atom. The van der Waals surface area contributed by atoms with Gasteiger partial charge in [0.05, 0.1) is 0 Å². The van der Waals surface area contributed by atoms with Gasteiger partial charge < -0.3 is 10.2 Å². The molecule has 1 atom stereocenters. The molecule has 1 heterocycles. The summed E-state index contributed by atoms with van der Waals surface area (Å²) in [5, 5.41) is 19.0. The zero-order valence-electron chi connectivity index (χ0n) is 9.49. The summed E-state index contributed by atoms with van der Waals surface area (Å²) in [6.45, 7) is 2.03. The van der Waals surface area contributed by atoms with E-state index >= 15 is 0 Å². The van der Waals surface area contributed by atoms with Crippen LogP contribution >= 0.6 is 0 Å². The fourth-order valence-corrected chi connectivity index (χ4v) is 1.60. The van der Waals surface area contributed by atoms with Crippen molar-refractivity contribution < 1.29 is 10.2 Å². The molecule has 2 rings (SSSR count). The van der Waals surface area contributed by atoms with Crippen LogP contribution in [0, 0.1) is 6.92 Å². The maximum atomic E-state index is 8.70. The van der Waals surface area contributed by atoms with Crippen molar-refractivity contribution >= 4 is 6.34 Å². The SMILES string of the molecule is Cc1cccc(C2N=CN(/C=C\C(O)O)N2)c1. The van der Waals surface area contributed by atoms with Crippen LogP contribution in [0.3, 0.4) is 0 Å². The maximum absolute atomic E-state index is 8.70. The van der Waals surface area contributed by atoms with Crippen LogP contribution in [0.25, 0.3) is 0 Å². The van der Waals surface area contributed by atoms with Crippen LogP contribution in [-0.4, -0.2) is 27.9 Å². The highest BCUT2D eigenvalue weighted by atomic mass is 16.5. The average Bonchev–Trinajstić information content (AvgIpc) is 2.75. The predicted octanol–water partition coefficient (Wildman–Crippen LogP) is 0.667. The molecule has 5 heteroatoms. The normalized spacial score (nSPS) is 19.8. The van der Waals surface area contributed by atoms with E-state index in [0.29, 0.717) is 0 Å². The van der Waals surface area contributed by atoms with Crippen LogP contribution in [0.5, 0.6) is 0 Å². The standard InChI is InChI=1S/C12H15N3O2/c1-9-3-2-4-10(7-9)12-13-8-15(14-12)6-5-11(16)17/h2-8,11-12,14,16-17H,1H3/b6-5-. The Morgan fingerprint density at radius 2 is 2.29 bits per heavy atom. The molecule has 0 radical (unpaired) electrons. The van der Waals surface area contributed by atoms with Crippen LogP contribution in [0.2, 0.25) is 0 Å². The van der Waals surface area contributed by atoms with Crippen LogP contribution in [0.15, 0.2) is 41.5 Å². The lowest BCUT2D eigenvalue weighted by molar-refractivity contribution is 0.00151. The molecule has 1 aromatic rings. The first-order valence-electron chi connectivity index (χ1n) is 5.34. The number of rotatable bonds is 3. The second-order valence-corrected chi connectivity index (χ2v) is 3.87. The Balaban J connectivity index is 2.02. The molecule has 0 aliphatic carbocycles. The van der Waals surface area contributed by atoms with Crippen molar-refractivity contribution in [2.24, 2.45) is 4.99 Å². The Morgan fingerprint density at radius 1 is 1.47 bits per heavy atom. The molecule has 0 saturated carbocycles. The molecule has 0 amide bonds. The second-order valence-electron chi connectivity index (χ2n) is 3.87. The van der Waals surface area contributed by atoms with Crippen LogP contribution in [0.4, 0.5) is 0 Å². The summed E-state index contributed by atoms with van der Waals surface area (Å²) >= 11 is 0. The highest BCUT2D eigenvalue weighted by Crippen LogP contribution is 2.18. The number of hydrogen-bond acceptors (Lipinski definition) is 5. The molecule has 0 fully saturated rings. The van der Waals surface area contributed by atoms with E-state index in [9.17, 15) is 0 Å². The summed E-state index contributed by atoms with van der Waals surface area (Å²) in [4.78, 5) is 4.28. The smallest absolute Gasteiger partial charge is 0.173 e. The molecule has 1 aromatic carbocycles. The minimum absolute atomic E-state index is 0.129. The van der Waals surface area contributed by atoms with Gasteiger partial charge in [-0.05, 0) is 18.6 Å². The van der Waals surface area contributed by atoms with Crippen molar-refractivity contribution in [1.29, 1.82) is 0 Å². The van der Waals surface area contributed by atoms with E-state index in [0.717, 1.165) is 5.56 Å². The van der Waals surface area contributed by atoms with E-state index in [1.807, 2.05) is 25.1 Å². The molecule has 1 aliphatic rings. The number of hydrogen-bond donors (Lipinski definition) is 3. The maximum Gasteiger partial charge on any atom is 0.173 e. The largest absolute Gasteiger partial charge is 0.365 e. The molecular formula is C12H15N3O2. The Bertz CT molecular complexity index is 443. The lowest BCUT2D eigenvalue weighted by Crippen LogP contribution is -2.28. The van der Waals surface area contributed by atoms with Crippen LogP contribution in [-0.2, 0) is 0 Å². The number of aliphatic hydroxyl groups excluding tert-OH is 1. The molecule has 1 unspecified atom stereocenters. The number of hydrazine groups is 1. The summed E-state index contributed by atoms with van der Waals surface area (Å²) in [5.41, 5.74) is 5.34. The third-order valence-corrected chi connectivity index (χ3v) is 2.39. The highest BCUT2D eigenvalue weighted by Gasteiger charge is 2.16. The first kappa shape index (κ1) is 11.8. The lowest BCUT2D eigenvalue weighted by Gasteiger charge is -2.14. The monoisotopic (exact) mass is 233 g/mol. The first-order valence-corrected chi connectivity index (χ1v) is 5.34. The summed E-state index contributed by atoms with van der Waals surface area (Å²) in [6.07, 6.45) is 2.78. The van der Waals surface area contributed by atoms with Crippen molar-refractivity contribution in [3.05, 3.63) is 47.7 Å². The third kappa shape index (κ3) is 3.13. The van der Waals surface area contributed by atoms with Crippen molar-refractivity contribution in [2.75, 3.05) is 0 Å². The molecule has 0 saturated heterocycles. The van der Waals surface area contributed by atoms with E-state index in [2.05, 4.69) is 16.5 Å². The Kier molecular flexibility index (Phi) is 3.53. The predicted molar refractivity (Wildman–Crippen MR) is 64.8 cm³/mol. The molecule has 0 aromatic heterocycles. The summed E-state index contributed by atoms with van der Waals surface area (Å²) in [7, 11) is 0. The molecular weight excluding hydrogens is 218 g/mol. The molecule has 0 spiro atoms. The topological polar surface area (TPSA) is 68.1 Å². The van der Waals surface area contributed by atoms with Crippen molar-refractivity contribution in [3.8, 4) is 0 Å². The number of aliphatic hydroxyl groups is 2. The lowest BCUT2D eigenvalue weighted by atomic mass is 10.1. The minimum atomic E-state index is -1.46. The number of aryl methyl sites for hydroxylation is 1. The van der Waals surface area contributed by atoms with Gasteiger partial charge in [-0.1, -0.05) is 29.8 Å². The van der Waals surface area contributed by atoms with E-state index in [4.69, 9.17) is 10.2 Å². The summed E-state index contributed by atoms with van der Waals surface area (Å²) in [6, 6.07) is 8.07. The number of nitrogens with one attached hydrogen (secondary N) is 1. The summed E-state index contributed by atoms with van der Waals surface area (Å²) in [5.74, 6) is 0. The van der Waals surface area contributed by atoms with E-state index in [1.165, 1.54) is 17.8 Å². The molecule has 1 aliphatic heterocycles. The Hall–Kier alpha value is -1.69. The highest BCUT2D eigenvalue weighted by molar-refractivity contribution is 5.58. The fraction of sp³-hybridized carbons (Fsp3) is 0.250. The molecule has 3 N–H and O–H groups in total. The van der Waals surface area contributed by atoms with Gasteiger partial charge >= 0.3 is 0 Å². The van der Waals surface area contributed by atoms with E-state index in [-0.39, 0.29) is 6.17 Å². The summed E-state index contributed by atoms with van der Waals surface area (Å²) < 4.78 is 0. The Labute approximate surface area is 99.7 Å². The quantitative estimate of drug-likeness (QED) is 0.671. The van der Waals surface area contributed by atoms with Crippen LogP contribution in [0.1, 0.15) is 17.3 Å². The van der Waals surface area contributed by atoms with Gasteiger partial charge in [0, 0.05) is 6.20 Å². The fourth-order valence-electron chi connectivity index (χ4n) is 1.60. The molecule has 0 bridgehead atoms. The zero-order valence-corrected chi connectivity index (χ0v) is 9.49. The first-order chi connectivity index (χ1) is 8.15. The van der Waals surface area contributed by atoms with Gasteiger partial charge in [0.2, 0.25) is 0 Å². The van der Waals surface area contributed by atoms with Gasteiger partial charge in [-0.15, -0.1) is 0 Å². The van der Waals surface area contributed by atoms with Gasteiger partial charge in [-0.25, -0.2) is 10.4 Å². The molecule has 5 nitrogen and oxygen atoms in total. The zero-order chi connectivity index (χ0) is 12.3. The van der Waals surface area contributed by atoms with Gasteiger partial charge in [0.25, 0.3) is 0 Å². The minimum Gasteiger partial charge on any atom is -0.365 e. The van der Waals surface area contributed by atoms with Gasteiger partial charge in [-0.2, -0.15) is 0 Å². The van der Waals surface area contributed by atoms with E-state index < -0.39 is 6.29 Å². The average molecular weight is 233 g/mol. The molecule has 17 heavy (non-hydrogen) atoms. The second kappa shape index (κ2) is 5.09. The molecule has 90 valence electrons. The van der Waals surface area contributed by atoms with Gasteiger partial charge in [0.1, 0.15) is 12.5 Å². The van der Waals surface area contributed by atoms with E-state index in [1.54, 1.807) is 11.3 Å². The van der Waals surface area contributed by atoms with Crippen molar-refractivity contribution in [2.45, 2.75) is 19.4 Å². The number of aliphatic imine (C=N–C) groups is 1. The number of benzene rings is 1. The van der Waals surface area contributed by atoms with Crippen molar-refractivity contribution in [1.82, 2.24) is 10.4 Å². The number of nitrogens with zero attached hydrogens (tertiary/aromatic N) is 2. The van der Waals surface area contributed by atoms with Crippen LogP contribution < -0.4 is 5.43 Å². The van der Waals surface area contributed by atoms with Gasteiger partial charge in [0.15, 0.2) is 6.29 Å². The third-order valence-electron chi connectivity index (χ3n) is 2.39.